The molecule has 0 rings (SSSR count). The quantitative estimate of drug-likeness (QED) is 0.486. The summed E-state index contributed by atoms with van der Waals surface area (Å²) in [5.74, 6) is 0. The van der Waals surface area contributed by atoms with Gasteiger partial charge in [0.25, 0.3) is 0 Å². The molecule has 0 radical (unpaired) electrons. The van der Waals surface area contributed by atoms with Gasteiger partial charge in [-0.15, -0.1) is 0 Å². The first kappa shape index (κ1) is 9.26. The van der Waals surface area contributed by atoms with Crippen molar-refractivity contribution in [1.29, 1.82) is 0 Å². The molecule has 0 amide bonds. The highest BCUT2D eigenvalue weighted by Gasteiger charge is 2.17. The molecule has 0 aromatic carbocycles. The van der Waals surface area contributed by atoms with Crippen LogP contribution in [0.1, 0.15) is 6.42 Å². The van der Waals surface area contributed by atoms with Crippen LogP contribution >= 0.6 is 44.3 Å². The van der Waals surface area contributed by atoms with Crippen LogP contribution < -0.4 is 0 Å². The Hall–Kier alpha value is 1.26. The number of alkyl halides is 3. The average molecular weight is 195 g/mol. The van der Waals surface area contributed by atoms with Gasteiger partial charge in [0.15, 0.2) is 3.79 Å². The van der Waals surface area contributed by atoms with E-state index in [0.29, 0.717) is 13.0 Å². The smallest absolute Gasteiger partial charge is 0.192 e. The molecule has 0 bridgehead atoms. The highest BCUT2D eigenvalue weighted by Crippen LogP contribution is 2.29. The fourth-order valence-electron chi connectivity index (χ4n) is 0.175. The fourth-order valence-corrected chi connectivity index (χ4v) is 0.524. The van der Waals surface area contributed by atoms with Gasteiger partial charge < -0.3 is 4.52 Å². The SMILES string of the molecule is POCCC(Cl)(Cl)Cl. The van der Waals surface area contributed by atoms with Crippen molar-refractivity contribution in [2.24, 2.45) is 0 Å². The number of hydrogen-bond donors (Lipinski definition) is 0. The largest absolute Gasteiger partial charge is 0.365 e. The van der Waals surface area contributed by atoms with E-state index in [9.17, 15) is 0 Å². The molecule has 0 saturated heterocycles. The predicted octanol–water partition coefficient (Wildman–Crippen LogP) is 2.55. The molecule has 1 atom stereocenters. The third-order valence-electron chi connectivity index (χ3n) is 0.503. The van der Waals surface area contributed by atoms with Gasteiger partial charge in [-0.1, -0.05) is 34.8 Å². The van der Waals surface area contributed by atoms with E-state index in [4.69, 9.17) is 34.8 Å². The second kappa shape index (κ2) is 4.14. The van der Waals surface area contributed by atoms with Gasteiger partial charge in [-0.3, -0.25) is 0 Å². The Balaban J connectivity index is 3.11. The van der Waals surface area contributed by atoms with E-state index < -0.39 is 3.79 Å². The molecule has 0 aromatic rings. The highest BCUT2D eigenvalue weighted by molar-refractivity contribution is 7.09. The molecule has 0 fully saturated rings. The highest BCUT2D eigenvalue weighted by atomic mass is 35.6. The van der Waals surface area contributed by atoms with Crippen LogP contribution in [-0.4, -0.2) is 10.4 Å². The van der Waals surface area contributed by atoms with Crippen LogP contribution in [0.5, 0.6) is 0 Å². The zero-order chi connectivity index (χ0) is 6.62. The lowest BCUT2D eigenvalue weighted by atomic mass is 10.5. The maximum absolute atomic E-state index is 5.35. The Morgan fingerprint density at radius 1 is 1.38 bits per heavy atom. The van der Waals surface area contributed by atoms with Gasteiger partial charge >= 0.3 is 0 Å². The Bertz CT molecular complexity index is 62.0. The Morgan fingerprint density at radius 3 is 2.00 bits per heavy atom. The summed E-state index contributed by atoms with van der Waals surface area (Å²) in [7, 11) is 2.08. The normalized spacial score (nSPS) is 12.0. The number of rotatable bonds is 2. The molecule has 5 heteroatoms. The van der Waals surface area contributed by atoms with Gasteiger partial charge in [-0.2, -0.15) is 0 Å². The molecule has 1 nitrogen and oxygen atoms in total. The van der Waals surface area contributed by atoms with Crippen molar-refractivity contribution >= 4 is 44.3 Å². The van der Waals surface area contributed by atoms with Crippen molar-refractivity contribution in [2.45, 2.75) is 10.2 Å². The zero-order valence-electron chi connectivity index (χ0n) is 4.03. The summed E-state index contributed by atoms with van der Waals surface area (Å²) >= 11 is 16.1. The first-order chi connectivity index (χ1) is 3.56. The van der Waals surface area contributed by atoms with Crippen LogP contribution in [0.2, 0.25) is 0 Å². The van der Waals surface area contributed by atoms with Gasteiger partial charge in [-0.05, 0) is 0 Å². The summed E-state index contributed by atoms with van der Waals surface area (Å²) in [6.45, 7) is 0.446. The van der Waals surface area contributed by atoms with E-state index in [-0.39, 0.29) is 0 Å². The molecule has 0 heterocycles. The lowest BCUT2D eigenvalue weighted by molar-refractivity contribution is 0.365. The topological polar surface area (TPSA) is 9.23 Å². The Kier molecular flexibility index (Phi) is 4.79. The maximum Gasteiger partial charge on any atom is 0.192 e. The standard InChI is InChI=1S/C3H6Cl3OP/c4-3(5,6)1-2-7-8/h1-2,8H2. The molecule has 0 aliphatic rings. The molecule has 0 N–H and O–H groups in total. The molecule has 0 aliphatic carbocycles. The molecule has 0 aliphatic heterocycles. The minimum atomic E-state index is -1.17. The first-order valence-corrected chi connectivity index (χ1v) is 3.55. The minimum Gasteiger partial charge on any atom is -0.365 e. The summed E-state index contributed by atoms with van der Waals surface area (Å²) < 4.78 is 3.41. The maximum atomic E-state index is 5.35. The van der Waals surface area contributed by atoms with E-state index in [1.807, 2.05) is 0 Å². The van der Waals surface area contributed by atoms with E-state index in [1.54, 1.807) is 0 Å². The Morgan fingerprint density at radius 2 is 1.88 bits per heavy atom. The second-order valence-corrected chi connectivity index (χ2v) is 4.09. The summed E-state index contributed by atoms with van der Waals surface area (Å²) in [4.78, 5) is 0. The molecular formula is C3H6Cl3OP. The van der Waals surface area contributed by atoms with Crippen molar-refractivity contribution in [3.05, 3.63) is 0 Å². The van der Waals surface area contributed by atoms with E-state index in [2.05, 4.69) is 14.0 Å². The molecule has 0 saturated carbocycles. The summed E-state index contributed by atoms with van der Waals surface area (Å²) in [5.41, 5.74) is 0. The van der Waals surface area contributed by atoms with Crippen molar-refractivity contribution < 1.29 is 4.52 Å². The molecule has 50 valence electrons. The molecule has 0 aromatic heterocycles. The van der Waals surface area contributed by atoms with Crippen molar-refractivity contribution in [3.8, 4) is 0 Å². The van der Waals surface area contributed by atoms with Gasteiger partial charge in [0, 0.05) is 15.9 Å². The Labute approximate surface area is 65.9 Å². The van der Waals surface area contributed by atoms with Crippen molar-refractivity contribution in [3.63, 3.8) is 0 Å². The van der Waals surface area contributed by atoms with Crippen LogP contribution in [0, 0.1) is 0 Å². The van der Waals surface area contributed by atoms with Crippen molar-refractivity contribution in [2.75, 3.05) is 6.61 Å². The van der Waals surface area contributed by atoms with Crippen molar-refractivity contribution in [1.82, 2.24) is 0 Å². The minimum absolute atomic E-state index is 0.418. The molecule has 1 unspecified atom stereocenters. The van der Waals surface area contributed by atoms with E-state index >= 15 is 0 Å². The first-order valence-electron chi connectivity index (χ1n) is 1.94. The van der Waals surface area contributed by atoms with E-state index in [1.165, 1.54) is 0 Å². The lowest BCUT2D eigenvalue weighted by Gasteiger charge is -2.07. The van der Waals surface area contributed by atoms with Gasteiger partial charge in [0.2, 0.25) is 0 Å². The molecular weight excluding hydrogens is 189 g/mol. The van der Waals surface area contributed by atoms with Gasteiger partial charge in [0.05, 0.1) is 6.61 Å². The van der Waals surface area contributed by atoms with Gasteiger partial charge in [-0.25, -0.2) is 0 Å². The predicted molar refractivity (Wildman–Crippen MR) is 40.6 cm³/mol. The monoisotopic (exact) mass is 194 g/mol. The van der Waals surface area contributed by atoms with E-state index in [0.717, 1.165) is 0 Å². The zero-order valence-corrected chi connectivity index (χ0v) is 7.46. The van der Waals surface area contributed by atoms with Crippen LogP contribution in [0.25, 0.3) is 0 Å². The second-order valence-electron chi connectivity index (χ2n) is 1.24. The third-order valence-corrected chi connectivity index (χ3v) is 1.31. The molecule has 8 heavy (non-hydrogen) atoms. The lowest BCUT2D eigenvalue weighted by Crippen LogP contribution is -2.04. The third kappa shape index (κ3) is 7.26. The summed E-state index contributed by atoms with van der Waals surface area (Å²) in [6, 6.07) is 0. The van der Waals surface area contributed by atoms with Crippen LogP contribution in [0.4, 0.5) is 0 Å². The van der Waals surface area contributed by atoms with Crippen LogP contribution in [0.15, 0.2) is 0 Å². The van der Waals surface area contributed by atoms with Crippen LogP contribution in [-0.2, 0) is 4.52 Å². The number of hydrogen-bond acceptors (Lipinski definition) is 1. The van der Waals surface area contributed by atoms with Gasteiger partial charge in [0.1, 0.15) is 0 Å². The molecule has 0 spiro atoms. The fraction of sp³-hybridized carbons (Fsp3) is 1.00. The van der Waals surface area contributed by atoms with Crippen LogP contribution in [0.3, 0.4) is 0 Å². The summed E-state index contributed by atoms with van der Waals surface area (Å²) in [5, 5.41) is 0. The summed E-state index contributed by atoms with van der Waals surface area (Å²) in [6.07, 6.45) is 0.418. The number of halogens is 3. The average Bonchev–Trinajstić information content (AvgIpc) is 1.59.